The van der Waals surface area contributed by atoms with Crippen LogP contribution in [-0.4, -0.2) is 50.2 Å². The van der Waals surface area contributed by atoms with Crippen LogP contribution in [0.25, 0.3) is 0 Å². The number of nitrogens with one attached hydrogen (secondary N) is 1. The smallest absolute Gasteiger partial charge is 0.223 e. The van der Waals surface area contributed by atoms with Gasteiger partial charge in [0, 0.05) is 45.1 Å². The molecule has 4 nitrogen and oxygen atoms in total. The topological polar surface area (TPSA) is 41.6 Å². The standard InChI is InChI=1S/C10H18N2O2/c13-10-1-3-11-4-5-12(10)7-9-2-6-14-8-9/h9,11H,1-8H2. The van der Waals surface area contributed by atoms with Gasteiger partial charge in [-0.2, -0.15) is 0 Å². The molecule has 1 amide bonds. The molecule has 1 atom stereocenters. The molecule has 0 aromatic carbocycles. The van der Waals surface area contributed by atoms with Crippen molar-refractivity contribution < 1.29 is 9.53 Å². The van der Waals surface area contributed by atoms with Crippen LogP contribution in [-0.2, 0) is 9.53 Å². The summed E-state index contributed by atoms with van der Waals surface area (Å²) in [6, 6.07) is 0. The maximum absolute atomic E-state index is 11.6. The second-order valence-corrected chi connectivity index (χ2v) is 4.07. The second kappa shape index (κ2) is 4.75. The van der Waals surface area contributed by atoms with Crippen LogP contribution in [0, 0.1) is 5.92 Å². The quantitative estimate of drug-likeness (QED) is 0.670. The van der Waals surface area contributed by atoms with Crippen molar-refractivity contribution in [2.45, 2.75) is 12.8 Å². The average Bonchev–Trinajstić information content (AvgIpc) is 2.60. The van der Waals surface area contributed by atoms with Gasteiger partial charge < -0.3 is 15.0 Å². The van der Waals surface area contributed by atoms with Gasteiger partial charge in [-0.1, -0.05) is 0 Å². The molecule has 2 saturated heterocycles. The fourth-order valence-electron chi connectivity index (χ4n) is 2.05. The van der Waals surface area contributed by atoms with Gasteiger partial charge in [0.1, 0.15) is 0 Å². The lowest BCUT2D eigenvalue weighted by Gasteiger charge is -2.22. The van der Waals surface area contributed by atoms with Crippen molar-refractivity contribution in [3.05, 3.63) is 0 Å². The first kappa shape index (κ1) is 9.93. The van der Waals surface area contributed by atoms with E-state index in [9.17, 15) is 4.79 Å². The first-order chi connectivity index (χ1) is 6.86. The van der Waals surface area contributed by atoms with E-state index in [1.807, 2.05) is 4.90 Å². The monoisotopic (exact) mass is 198 g/mol. The van der Waals surface area contributed by atoms with Crippen LogP contribution in [0.5, 0.6) is 0 Å². The molecule has 0 aromatic heterocycles. The summed E-state index contributed by atoms with van der Waals surface area (Å²) in [4.78, 5) is 13.6. The highest BCUT2D eigenvalue weighted by atomic mass is 16.5. The molecule has 0 spiro atoms. The predicted molar refractivity (Wildman–Crippen MR) is 53.0 cm³/mol. The Hall–Kier alpha value is -0.610. The first-order valence-corrected chi connectivity index (χ1v) is 5.42. The molecule has 1 unspecified atom stereocenters. The van der Waals surface area contributed by atoms with Gasteiger partial charge in [0.15, 0.2) is 0 Å². The zero-order valence-corrected chi connectivity index (χ0v) is 8.50. The lowest BCUT2D eigenvalue weighted by Crippen LogP contribution is -2.36. The average molecular weight is 198 g/mol. The first-order valence-electron chi connectivity index (χ1n) is 5.42. The number of rotatable bonds is 2. The summed E-state index contributed by atoms with van der Waals surface area (Å²) in [6.07, 6.45) is 1.75. The minimum absolute atomic E-state index is 0.293. The third-order valence-electron chi connectivity index (χ3n) is 2.93. The molecule has 14 heavy (non-hydrogen) atoms. The van der Waals surface area contributed by atoms with E-state index in [1.165, 1.54) is 0 Å². The summed E-state index contributed by atoms with van der Waals surface area (Å²) >= 11 is 0. The Bertz CT molecular complexity index is 202. The van der Waals surface area contributed by atoms with Gasteiger partial charge in [-0.15, -0.1) is 0 Å². The van der Waals surface area contributed by atoms with Crippen molar-refractivity contribution in [3.8, 4) is 0 Å². The molecule has 2 heterocycles. The van der Waals surface area contributed by atoms with E-state index >= 15 is 0 Å². The maximum atomic E-state index is 11.6. The molecule has 80 valence electrons. The Balaban J connectivity index is 1.84. The van der Waals surface area contributed by atoms with Crippen molar-refractivity contribution in [3.63, 3.8) is 0 Å². The largest absolute Gasteiger partial charge is 0.381 e. The van der Waals surface area contributed by atoms with Gasteiger partial charge in [-0.25, -0.2) is 0 Å². The van der Waals surface area contributed by atoms with Crippen molar-refractivity contribution >= 4 is 5.91 Å². The zero-order chi connectivity index (χ0) is 9.80. The lowest BCUT2D eigenvalue weighted by molar-refractivity contribution is -0.130. The van der Waals surface area contributed by atoms with Gasteiger partial charge in [-0.05, 0) is 6.42 Å². The van der Waals surface area contributed by atoms with Crippen LogP contribution in [0.2, 0.25) is 0 Å². The normalized spacial score (nSPS) is 29.3. The zero-order valence-electron chi connectivity index (χ0n) is 8.50. The second-order valence-electron chi connectivity index (χ2n) is 4.07. The van der Waals surface area contributed by atoms with E-state index < -0.39 is 0 Å². The Labute approximate surface area is 84.6 Å². The molecule has 1 N–H and O–H groups in total. The van der Waals surface area contributed by atoms with E-state index in [-0.39, 0.29) is 0 Å². The highest BCUT2D eigenvalue weighted by Crippen LogP contribution is 2.14. The minimum atomic E-state index is 0.293. The molecule has 0 saturated carbocycles. The lowest BCUT2D eigenvalue weighted by atomic mass is 10.1. The number of hydrogen-bond donors (Lipinski definition) is 1. The molecule has 2 aliphatic heterocycles. The van der Waals surface area contributed by atoms with E-state index in [1.54, 1.807) is 0 Å². The Morgan fingerprint density at radius 2 is 2.43 bits per heavy atom. The van der Waals surface area contributed by atoms with Crippen molar-refractivity contribution in [1.82, 2.24) is 10.2 Å². The summed E-state index contributed by atoms with van der Waals surface area (Å²) in [6.45, 7) is 5.20. The number of hydrogen-bond acceptors (Lipinski definition) is 3. The van der Waals surface area contributed by atoms with Crippen LogP contribution in [0.4, 0.5) is 0 Å². The van der Waals surface area contributed by atoms with Crippen molar-refractivity contribution in [2.75, 3.05) is 39.4 Å². The Morgan fingerprint density at radius 1 is 1.50 bits per heavy atom. The van der Waals surface area contributed by atoms with E-state index in [4.69, 9.17) is 4.74 Å². The SMILES string of the molecule is O=C1CCNCCN1CC1CCOC1. The molecule has 0 bridgehead atoms. The van der Waals surface area contributed by atoms with Gasteiger partial charge in [0.2, 0.25) is 5.91 Å². The number of carbonyl (C=O) groups is 1. The number of amides is 1. The van der Waals surface area contributed by atoms with E-state index in [0.29, 0.717) is 18.2 Å². The molecular weight excluding hydrogens is 180 g/mol. The van der Waals surface area contributed by atoms with E-state index in [2.05, 4.69) is 5.32 Å². The molecule has 0 radical (unpaired) electrons. The molecule has 4 heteroatoms. The van der Waals surface area contributed by atoms with Crippen LogP contribution >= 0.6 is 0 Å². The molecule has 2 aliphatic rings. The van der Waals surface area contributed by atoms with Crippen LogP contribution < -0.4 is 5.32 Å². The third kappa shape index (κ3) is 2.45. The number of carbonyl (C=O) groups excluding carboxylic acids is 1. The maximum Gasteiger partial charge on any atom is 0.223 e. The van der Waals surface area contributed by atoms with Crippen molar-refractivity contribution in [1.29, 1.82) is 0 Å². The number of nitrogens with zero attached hydrogens (tertiary/aromatic N) is 1. The summed E-state index contributed by atoms with van der Waals surface area (Å²) in [7, 11) is 0. The summed E-state index contributed by atoms with van der Waals surface area (Å²) < 4.78 is 5.31. The molecule has 0 aromatic rings. The molecule has 2 rings (SSSR count). The molecule has 0 aliphatic carbocycles. The summed E-state index contributed by atoms with van der Waals surface area (Å²) in [5.74, 6) is 0.860. The highest BCUT2D eigenvalue weighted by Gasteiger charge is 2.22. The third-order valence-corrected chi connectivity index (χ3v) is 2.93. The predicted octanol–water partition coefficient (Wildman–Crippen LogP) is -0.155. The fraction of sp³-hybridized carbons (Fsp3) is 0.900. The number of ether oxygens (including phenoxy) is 1. The van der Waals surface area contributed by atoms with Gasteiger partial charge in [0.05, 0.1) is 6.61 Å². The van der Waals surface area contributed by atoms with Crippen LogP contribution in [0.15, 0.2) is 0 Å². The summed E-state index contributed by atoms with van der Waals surface area (Å²) in [5, 5.41) is 3.24. The minimum Gasteiger partial charge on any atom is -0.381 e. The molecular formula is C10H18N2O2. The summed E-state index contributed by atoms with van der Waals surface area (Å²) in [5.41, 5.74) is 0. The van der Waals surface area contributed by atoms with Gasteiger partial charge in [-0.3, -0.25) is 4.79 Å². The van der Waals surface area contributed by atoms with Crippen molar-refractivity contribution in [2.24, 2.45) is 5.92 Å². The van der Waals surface area contributed by atoms with Crippen LogP contribution in [0.3, 0.4) is 0 Å². The molecule has 2 fully saturated rings. The fourth-order valence-corrected chi connectivity index (χ4v) is 2.05. The highest BCUT2D eigenvalue weighted by molar-refractivity contribution is 5.76. The van der Waals surface area contributed by atoms with Crippen LogP contribution in [0.1, 0.15) is 12.8 Å². The van der Waals surface area contributed by atoms with E-state index in [0.717, 1.165) is 45.8 Å². The van der Waals surface area contributed by atoms with Gasteiger partial charge >= 0.3 is 0 Å². The Kier molecular flexibility index (Phi) is 3.37. The van der Waals surface area contributed by atoms with Gasteiger partial charge in [0.25, 0.3) is 0 Å². The Morgan fingerprint density at radius 3 is 3.21 bits per heavy atom.